The van der Waals surface area contributed by atoms with Crippen LogP contribution in [0.15, 0.2) is 59.8 Å². The Kier molecular flexibility index (Phi) is 4.53. The number of aromatic nitrogens is 2. The van der Waals surface area contributed by atoms with Crippen LogP contribution < -0.4 is 11.1 Å². The zero-order valence-electron chi connectivity index (χ0n) is 16.0. The summed E-state index contributed by atoms with van der Waals surface area (Å²) >= 11 is 0. The lowest BCUT2D eigenvalue weighted by atomic mass is 10.0. The maximum Gasteiger partial charge on any atom is 0.244 e. The predicted octanol–water partition coefficient (Wildman–Crippen LogP) is 2.27. The van der Waals surface area contributed by atoms with Crippen molar-refractivity contribution in [3.8, 4) is 22.4 Å². The van der Waals surface area contributed by atoms with Gasteiger partial charge < -0.3 is 11.1 Å². The molecule has 2 aliphatic rings. The predicted molar refractivity (Wildman–Crippen MR) is 111 cm³/mol. The third-order valence-electron chi connectivity index (χ3n) is 5.71. The number of hydrogen-bond donors (Lipinski definition) is 2. The number of nitrogen functional groups attached to an aromatic ring is 1. The number of nitrogens with zero attached hydrogens (tertiary/aromatic N) is 3. The summed E-state index contributed by atoms with van der Waals surface area (Å²) in [6, 6.07) is 11.5. The highest BCUT2D eigenvalue weighted by Crippen LogP contribution is 2.35. The van der Waals surface area contributed by atoms with Crippen molar-refractivity contribution in [1.29, 1.82) is 0 Å². The van der Waals surface area contributed by atoms with Gasteiger partial charge in [-0.1, -0.05) is 24.3 Å². The second kappa shape index (κ2) is 7.12. The molecule has 30 heavy (non-hydrogen) atoms. The molecule has 3 N–H and O–H groups in total. The molecule has 0 aliphatic carbocycles. The molecule has 9 heteroatoms. The summed E-state index contributed by atoms with van der Waals surface area (Å²) in [5.74, 6) is -0.260. The molecular weight excluding hydrogens is 405 g/mol. The summed E-state index contributed by atoms with van der Waals surface area (Å²) in [6.45, 7) is 1.13. The van der Waals surface area contributed by atoms with Crippen molar-refractivity contribution < 1.29 is 12.8 Å². The first-order valence-electron chi connectivity index (χ1n) is 9.65. The number of halogens is 1. The van der Waals surface area contributed by atoms with E-state index in [4.69, 9.17) is 5.73 Å². The minimum Gasteiger partial charge on any atom is -0.382 e. The van der Waals surface area contributed by atoms with E-state index in [0.29, 0.717) is 29.9 Å². The number of sulfonamides is 1. The average molecular weight is 425 g/mol. The molecule has 7 nitrogen and oxygen atoms in total. The van der Waals surface area contributed by atoms with Crippen LogP contribution in [0.5, 0.6) is 0 Å². The van der Waals surface area contributed by atoms with Crippen LogP contribution in [-0.4, -0.2) is 47.9 Å². The second-order valence-corrected chi connectivity index (χ2v) is 9.45. The van der Waals surface area contributed by atoms with Gasteiger partial charge in [-0.3, -0.25) is 4.98 Å². The number of fused-ring (bicyclic) bond motifs is 2. The highest BCUT2D eigenvalue weighted by molar-refractivity contribution is 7.89. The molecule has 1 aromatic heterocycles. The smallest absolute Gasteiger partial charge is 0.244 e. The van der Waals surface area contributed by atoms with Gasteiger partial charge in [-0.2, -0.15) is 4.31 Å². The van der Waals surface area contributed by atoms with Crippen LogP contribution in [0.25, 0.3) is 22.4 Å². The number of rotatable bonds is 4. The van der Waals surface area contributed by atoms with Gasteiger partial charge in [0.25, 0.3) is 0 Å². The van der Waals surface area contributed by atoms with E-state index < -0.39 is 15.8 Å². The molecule has 2 atom stereocenters. The van der Waals surface area contributed by atoms with Gasteiger partial charge >= 0.3 is 0 Å². The van der Waals surface area contributed by atoms with Crippen molar-refractivity contribution in [2.24, 2.45) is 0 Å². The molecule has 3 heterocycles. The van der Waals surface area contributed by atoms with Gasteiger partial charge in [0.05, 0.1) is 23.0 Å². The van der Waals surface area contributed by atoms with Crippen LogP contribution in [0.2, 0.25) is 0 Å². The first-order chi connectivity index (χ1) is 14.4. The Bertz CT molecular complexity index is 1220. The normalized spacial score (nSPS) is 21.2. The van der Waals surface area contributed by atoms with Gasteiger partial charge in [0, 0.05) is 36.3 Å². The summed E-state index contributed by atoms with van der Waals surface area (Å²) in [4.78, 5) is 8.24. The Morgan fingerprint density at radius 3 is 2.60 bits per heavy atom. The molecule has 0 saturated carbocycles. The van der Waals surface area contributed by atoms with Crippen molar-refractivity contribution >= 4 is 15.8 Å². The number of hydrogen-bond acceptors (Lipinski definition) is 6. The lowest BCUT2D eigenvalue weighted by molar-refractivity contribution is 0.349. The summed E-state index contributed by atoms with van der Waals surface area (Å²) in [6.07, 6.45) is 3.60. The van der Waals surface area contributed by atoms with E-state index in [2.05, 4.69) is 15.3 Å². The number of anilines is 1. The molecule has 2 fully saturated rings. The van der Waals surface area contributed by atoms with E-state index in [1.165, 1.54) is 18.5 Å². The molecule has 2 bridgehead atoms. The van der Waals surface area contributed by atoms with Crippen molar-refractivity contribution in [3.05, 3.63) is 60.7 Å². The number of benzene rings is 2. The van der Waals surface area contributed by atoms with Crippen molar-refractivity contribution in [2.45, 2.75) is 23.4 Å². The van der Waals surface area contributed by atoms with Crippen LogP contribution in [0, 0.1) is 5.82 Å². The molecule has 2 aromatic carbocycles. The summed E-state index contributed by atoms with van der Waals surface area (Å²) in [5, 5.41) is 3.31. The quantitative estimate of drug-likeness (QED) is 0.665. The first-order valence-corrected chi connectivity index (χ1v) is 11.1. The van der Waals surface area contributed by atoms with Gasteiger partial charge in [-0.05, 0) is 30.2 Å². The molecule has 154 valence electrons. The van der Waals surface area contributed by atoms with Gasteiger partial charge in [-0.25, -0.2) is 17.8 Å². The second-order valence-electron chi connectivity index (χ2n) is 7.59. The molecule has 0 radical (unpaired) electrons. The molecule has 2 aliphatic heterocycles. The zero-order valence-corrected chi connectivity index (χ0v) is 16.8. The summed E-state index contributed by atoms with van der Waals surface area (Å²) < 4.78 is 43.3. The molecule has 2 saturated heterocycles. The first kappa shape index (κ1) is 19.1. The Morgan fingerprint density at radius 2 is 1.93 bits per heavy atom. The van der Waals surface area contributed by atoms with Gasteiger partial charge in [0.1, 0.15) is 11.6 Å². The third-order valence-corrected chi connectivity index (χ3v) is 7.68. The van der Waals surface area contributed by atoms with Crippen LogP contribution in [0.3, 0.4) is 0 Å². The lowest BCUT2D eigenvalue weighted by Gasteiger charge is -2.27. The van der Waals surface area contributed by atoms with E-state index in [1.807, 2.05) is 0 Å². The molecular formula is C21H20FN5O2S. The standard InChI is InChI=1S/C21H20FN5O2S/c22-18-7-13(5-6-17(18)19-10-26-21(23)11-25-19)16-3-1-2-4-20(16)30(28,29)27-12-14-8-15(27)9-24-14/h1-7,10-11,14-15,24H,8-9,12H2,(H2,23,26)/t14-,15-/m1/s1. The van der Waals surface area contributed by atoms with Crippen molar-refractivity contribution in [1.82, 2.24) is 19.6 Å². The average Bonchev–Trinajstić information content (AvgIpc) is 3.39. The molecule has 3 aromatic rings. The van der Waals surface area contributed by atoms with E-state index in [-0.39, 0.29) is 28.4 Å². The van der Waals surface area contributed by atoms with E-state index in [0.717, 1.165) is 6.42 Å². The van der Waals surface area contributed by atoms with Gasteiger partial charge in [0.15, 0.2) is 0 Å². The SMILES string of the molecule is Nc1cnc(-c2ccc(-c3ccccc3S(=O)(=O)N3C[C@H]4C[C@@H]3CN4)cc2F)cn1. The fourth-order valence-electron chi connectivity index (χ4n) is 4.24. The summed E-state index contributed by atoms with van der Waals surface area (Å²) in [7, 11) is -3.69. The Labute approximate surface area is 173 Å². The zero-order chi connectivity index (χ0) is 20.9. The van der Waals surface area contributed by atoms with Crippen LogP contribution >= 0.6 is 0 Å². The Hall–Kier alpha value is -2.88. The number of nitrogens with one attached hydrogen (secondary N) is 1. The molecule has 0 spiro atoms. The van der Waals surface area contributed by atoms with E-state index in [9.17, 15) is 12.8 Å². The Balaban J connectivity index is 1.54. The lowest BCUT2D eigenvalue weighted by Crippen LogP contribution is -2.46. The number of nitrogens with two attached hydrogens (primary N) is 1. The molecule has 5 rings (SSSR count). The summed E-state index contributed by atoms with van der Waals surface area (Å²) in [5.41, 5.74) is 7.13. The van der Waals surface area contributed by atoms with Crippen LogP contribution in [0.1, 0.15) is 6.42 Å². The van der Waals surface area contributed by atoms with Crippen molar-refractivity contribution in [3.63, 3.8) is 0 Å². The topological polar surface area (TPSA) is 101 Å². The van der Waals surface area contributed by atoms with Crippen LogP contribution in [0.4, 0.5) is 10.2 Å². The molecule has 0 amide bonds. The highest BCUT2D eigenvalue weighted by Gasteiger charge is 2.44. The fourth-order valence-corrected chi connectivity index (χ4v) is 6.14. The van der Waals surface area contributed by atoms with E-state index >= 15 is 0 Å². The minimum absolute atomic E-state index is 0.0312. The fraction of sp³-hybridized carbons (Fsp3) is 0.238. The van der Waals surface area contributed by atoms with Gasteiger partial charge in [0.2, 0.25) is 10.0 Å². The molecule has 0 unspecified atom stereocenters. The minimum atomic E-state index is -3.69. The monoisotopic (exact) mass is 425 g/mol. The Morgan fingerprint density at radius 1 is 1.10 bits per heavy atom. The largest absolute Gasteiger partial charge is 0.382 e. The maximum atomic E-state index is 14.9. The third kappa shape index (κ3) is 3.15. The maximum absolute atomic E-state index is 14.9. The van der Waals surface area contributed by atoms with Crippen molar-refractivity contribution in [2.75, 3.05) is 18.8 Å². The number of piperazine rings is 1. The highest BCUT2D eigenvalue weighted by atomic mass is 32.2. The van der Waals surface area contributed by atoms with Crippen LogP contribution in [-0.2, 0) is 10.0 Å². The van der Waals surface area contributed by atoms with Gasteiger partial charge in [-0.15, -0.1) is 0 Å². The van der Waals surface area contributed by atoms with E-state index in [1.54, 1.807) is 40.7 Å².